The highest BCUT2D eigenvalue weighted by atomic mass is 16.5. The highest BCUT2D eigenvalue weighted by molar-refractivity contribution is 5.44. The molecule has 0 aromatic carbocycles. The van der Waals surface area contributed by atoms with Gasteiger partial charge in [-0.1, -0.05) is 6.07 Å². The molecule has 14 heavy (non-hydrogen) atoms. The standard InChI is InChI=1S/C10H15N3O/c1-2-14-10-5-3-4-9(12-10)13-6-8(11)7-13/h3-5,8H,2,6-7,11H2,1H3. The van der Waals surface area contributed by atoms with Crippen LogP contribution in [0.2, 0.25) is 0 Å². The minimum atomic E-state index is 0.299. The number of nitrogens with zero attached hydrogens (tertiary/aromatic N) is 2. The van der Waals surface area contributed by atoms with E-state index >= 15 is 0 Å². The summed E-state index contributed by atoms with van der Waals surface area (Å²) in [6.07, 6.45) is 0. The van der Waals surface area contributed by atoms with Gasteiger partial charge in [0.2, 0.25) is 5.88 Å². The summed E-state index contributed by atoms with van der Waals surface area (Å²) in [6.45, 7) is 4.38. The summed E-state index contributed by atoms with van der Waals surface area (Å²) in [5.74, 6) is 1.64. The van der Waals surface area contributed by atoms with Gasteiger partial charge in [0, 0.05) is 25.2 Å². The van der Waals surface area contributed by atoms with Gasteiger partial charge in [-0.3, -0.25) is 0 Å². The van der Waals surface area contributed by atoms with Gasteiger partial charge in [-0.25, -0.2) is 0 Å². The predicted molar refractivity (Wildman–Crippen MR) is 55.6 cm³/mol. The van der Waals surface area contributed by atoms with Gasteiger partial charge in [-0.2, -0.15) is 4.98 Å². The van der Waals surface area contributed by atoms with Crippen molar-refractivity contribution < 1.29 is 4.74 Å². The van der Waals surface area contributed by atoms with Crippen molar-refractivity contribution in [3.63, 3.8) is 0 Å². The molecule has 2 N–H and O–H groups in total. The molecule has 0 bridgehead atoms. The molecule has 1 aromatic rings. The van der Waals surface area contributed by atoms with E-state index < -0.39 is 0 Å². The first-order valence-corrected chi connectivity index (χ1v) is 4.90. The molecule has 0 unspecified atom stereocenters. The Hall–Kier alpha value is -1.29. The Balaban J connectivity index is 2.06. The van der Waals surface area contributed by atoms with E-state index in [2.05, 4.69) is 9.88 Å². The maximum atomic E-state index is 5.70. The second-order valence-electron chi connectivity index (χ2n) is 3.43. The third-order valence-electron chi connectivity index (χ3n) is 2.23. The van der Waals surface area contributed by atoms with E-state index in [0.717, 1.165) is 18.9 Å². The molecule has 4 heteroatoms. The summed E-state index contributed by atoms with van der Waals surface area (Å²) in [6, 6.07) is 6.10. The Bertz CT molecular complexity index is 310. The number of anilines is 1. The molecular weight excluding hydrogens is 178 g/mol. The molecule has 4 nitrogen and oxygen atoms in total. The van der Waals surface area contributed by atoms with Gasteiger partial charge in [-0.05, 0) is 13.0 Å². The highest BCUT2D eigenvalue weighted by Gasteiger charge is 2.24. The van der Waals surface area contributed by atoms with E-state index in [9.17, 15) is 0 Å². The average Bonchev–Trinajstić information content (AvgIpc) is 2.14. The van der Waals surface area contributed by atoms with Gasteiger partial charge in [0.1, 0.15) is 5.82 Å². The smallest absolute Gasteiger partial charge is 0.215 e. The van der Waals surface area contributed by atoms with Crippen LogP contribution in [0.1, 0.15) is 6.92 Å². The molecule has 2 rings (SSSR count). The van der Waals surface area contributed by atoms with Gasteiger partial charge in [-0.15, -0.1) is 0 Å². The molecule has 0 atom stereocenters. The van der Waals surface area contributed by atoms with Gasteiger partial charge in [0.25, 0.3) is 0 Å². The van der Waals surface area contributed by atoms with Crippen molar-refractivity contribution in [2.75, 3.05) is 24.6 Å². The molecule has 1 aliphatic rings. The summed E-state index contributed by atoms with van der Waals surface area (Å²) in [7, 11) is 0. The quantitative estimate of drug-likeness (QED) is 0.765. The van der Waals surface area contributed by atoms with Crippen molar-refractivity contribution in [3.05, 3.63) is 18.2 Å². The summed E-state index contributed by atoms with van der Waals surface area (Å²) < 4.78 is 5.32. The van der Waals surface area contributed by atoms with E-state index in [-0.39, 0.29) is 0 Å². The van der Waals surface area contributed by atoms with Gasteiger partial charge >= 0.3 is 0 Å². The predicted octanol–water partition coefficient (Wildman–Crippen LogP) is 0.628. The summed E-state index contributed by atoms with van der Waals surface area (Å²) >= 11 is 0. The molecule has 1 aliphatic heterocycles. The second-order valence-corrected chi connectivity index (χ2v) is 3.43. The van der Waals surface area contributed by atoms with E-state index in [1.165, 1.54) is 0 Å². The second kappa shape index (κ2) is 3.84. The first kappa shape index (κ1) is 9.27. The average molecular weight is 193 g/mol. The van der Waals surface area contributed by atoms with Crippen LogP contribution in [0.5, 0.6) is 5.88 Å². The summed E-state index contributed by atoms with van der Waals surface area (Å²) in [5, 5.41) is 0. The van der Waals surface area contributed by atoms with Crippen LogP contribution in [-0.2, 0) is 0 Å². The van der Waals surface area contributed by atoms with Gasteiger partial charge in [0.05, 0.1) is 6.61 Å². The fourth-order valence-corrected chi connectivity index (χ4v) is 1.51. The van der Waals surface area contributed by atoms with Crippen molar-refractivity contribution >= 4 is 5.82 Å². The lowest BCUT2D eigenvalue weighted by Gasteiger charge is -2.37. The van der Waals surface area contributed by atoms with Crippen molar-refractivity contribution in [2.45, 2.75) is 13.0 Å². The number of hydrogen-bond acceptors (Lipinski definition) is 4. The summed E-state index contributed by atoms with van der Waals surface area (Å²) in [5.41, 5.74) is 5.70. The molecule has 1 saturated heterocycles. The molecule has 0 saturated carbocycles. The van der Waals surface area contributed by atoms with Crippen molar-refractivity contribution in [2.24, 2.45) is 5.73 Å². The first-order valence-electron chi connectivity index (χ1n) is 4.90. The third kappa shape index (κ3) is 1.80. The number of pyridine rings is 1. The first-order chi connectivity index (χ1) is 6.79. The Morgan fingerprint density at radius 2 is 2.36 bits per heavy atom. The van der Waals surface area contributed by atoms with Gasteiger partial charge in [0.15, 0.2) is 0 Å². The Morgan fingerprint density at radius 3 is 3.00 bits per heavy atom. The third-order valence-corrected chi connectivity index (χ3v) is 2.23. The molecule has 2 heterocycles. The topological polar surface area (TPSA) is 51.4 Å². The lowest BCUT2D eigenvalue weighted by atomic mass is 10.1. The lowest BCUT2D eigenvalue weighted by molar-refractivity contribution is 0.326. The van der Waals surface area contributed by atoms with E-state index in [1.807, 2.05) is 25.1 Å². The molecule has 76 valence electrons. The fourth-order valence-electron chi connectivity index (χ4n) is 1.51. The molecule has 1 aromatic heterocycles. The Kier molecular flexibility index (Phi) is 2.54. The zero-order chi connectivity index (χ0) is 9.97. The Labute approximate surface area is 83.7 Å². The summed E-state index contributed by atoms with van der Waals surface area (Å²) in [4.78, 5) is 6.51. The monoisotopic (exact) mass is 193 g/mol. The maximum Gasteiger partial charge on any atom is 0.215 e. The molecular formula is C10H15N3O. The largest absolute Gasteiger partial charge is 0.478 e. The number of rotatable bonds is 3. The highest BCUT2D eigenvalue weighted by Crippen LogP contribution is 2.20. The fraction of sp³-hybridized carbons (Fsp3) is 0.500. The molecule has 0 aliphatic carbocycles. The van der Waals surface area contributed by atoms with Crippen molar-refractivity contribution in [3.8, 4) is 5.88 Å². The van der Waals surface area contributed by atoms with Crippen molar-refractivity contribution in [1.82, 2.24) is 4.98 Å². The van der Waals surface area contributed by atoms with Crippen LogP contribution in [0.3, 0.4) is 0 Å². The maximum absolute atomic E-state index is 5.70. The van der Waals surface area contributed by atoms with Crippen LogP contribution in [-0.4, -0.2) is 30.7 Å². The van der Waals surface area contributed by atoms with E-state index in [0.29, 0.717) is 18.5 Å². The Morgan fingerprint density at radius 1 is 1.57 bits per heavy atom. The zero-order valence-corrected chi connectivity index (χ0v) is 8.31. The van der Waals surface area contributed by atoms with Gasteiger partial charge < -0.3 is 15.4 Å². The normalized spacial score (nSPS) is 16.6. The zero-order valence-electron chi connectivity index (χ0n) is 8.31. The molecule has 0 spiro atoms. The van der Waals surface area contributed by atoms with Crippen molar-refractivity contribution in [1.29, 1.82) is 0 Å². The number of nitrogens with two attached hydrogens (primary N) is 1. The SMILES string of the molecule is CCOc1cccc(N2CC(N)C2)n1. The minimum absolute atomic E-state index is 0.299. The molecule has 0 radical (unpaired) electrons. The van der Waals surface area contributed by atoms with E-state index in [1.54, 1.807) is 0 Å². The number of hydrogen-bond donors (Lipinski definition) is 1. The van der Waals surface area contributed by atoms with Crippen LogP contribution in [0.4, 0.5) is 5.82 Å². The lowest BCUT2D eigenvalue weighted by Crippen LogP contribution is -2.56. The van der Waals surface area contributed by atoms with Crippen LogP contribution in [0, 0.1) is 0 Å². The molecule has 0 amide bonds. The minimum Gasteiger partial charge on any atom is -0.478 e. The van der Waals surface area contributed by atoms with Crippen LogP contribution in [0.25, 0.3) is 0 Å². The number of aromatic nitrogens is 1. The van der Waals surface area contributed by atoms with Crippen LogP contribution in [0.15, 0.2) is 18.2 Å². The van der Waals surface area contributed by atoms with Crippen LogP contribution < -0.4 is 15.4 Å². The number of ether oxygens (including phenoxy) is 1. The van der Waals surface area contributed by atoms with Crippen LogP contribution >= 0.6 is 0 Å². The molecule has 1 fully saturated rings. The van der Waals surface area contributed by atoms with E-state index in [4.69, 9.17) is 10.5 Å².